The largest absolute Gasteiger partial charge is 0.716 e. The molecule has 0 fully saturated rings. The molecule has 0 aliphatic rings. The van der Waals surface area contributed by atoms with Crippen LogP contribution in [0.1, 0.15) is 0 Å². The van der Waals surface area contributed by atoms with Gasteiger partial charge in [0, 0.05) is 0 Å². The van der Waals surface area contributed by atoms with Crippen LogP contribution in [0, 0.1) is 12.5 Å². The Balaban J connectivity index is 2.88. The first-order chi connectivity index (χ1) is 2.77. The van der Waals surface area contributed by atoms with Crippen molar-refractivity contribution in [2.24, 2.45) is 0 Å². The first kappa shape index (κ1) is 5.34. The van der Waals surface area contributed by atoms with Crippen molar-refractivity contribution in [3.8, 4) is 12.5 Å². The monoisotopic (exact) mass is 86.0 g/mol. The summed E-state index contributed by atoms with van der Waals surface area (Å²) in [6.45, 7) is 0. The van der Waals surface area contributed by atoms with Gasteiger partial charge in [0.25, 0.3) is 0 Å². The number of terminal acetylenes is 1. The van der Waals surface area contributed by atoms with Crippen LogP contribution in [0.3, 0.4) is 0 Å². The molecule has 0 aromatic rings. The van der Waals surface area contributed by atoms with Gasteiger partial charge in [0.2, 0.25) is 0 Å². The van der Waals surface area contributed by atoms with Crippen molar-refractivity contribution >= 4 is 7.32 Å². The van der Waals surface area contributed by atoms with Gasteiger partial charge >= 0.3 is 7.32 Å². The van der Waals surface area contributed by atoms with E-state index >= 15 is 0 Å². The van der Waals surface area contributed by atoms with Crippen molar-refractivity contribution in [2.75, 3.05) is 0 Å². The summed E-state index contributed by atoms with van der Waals surface area (Å²) in [4.78, 5) is 0. The Kier molecular flexibility index (Phi) is 2.29. The predicted octanol–water partition coefficient (Wildman–Crippen LogP) is -1.44. The summed E-state index contributed by atoms with van der Waals surface area (Å²) in [5.41, 5.74) is 0. The molecule has 0 rings (SSSR count). The Morgan fingerprint density at radius 2 is 2.17 bits per heavy atom. The topological polar surface area (TPSA) is 49.7 Å². The fourth-order valence-electron chi connectivity index (χ4n) is 0.0609. The summed E-state index contributed by atoms with van der Waals surface area (Å²) in [6.07, 6.45) is 6.00. The molecular formula is C2H3BO3. The zero-order valence-corrected chi connectivity index (χ0v) is 2.96. The van der Waals surface area contributed by atoms with E-state index in [9.17, 15) is 0 Å². The minimum Gasteiger partial charge on any atom is -0.462 e. The van der Waals surface area contributed by atoms with Gasteiger partial charge < -0.3 is 14.7 Å². The molecule has 3 nitrogen and oxygen atoms in total. The Morgan fingerprint density at radius 1 is 1.67 bits per heavy atom. The molecule has 0 aliphatic heterocycles. The van der Waals surface area contributed by atoms with Crippen LogP contribution in [0.15, 0.2) is 0 Å². The summed E-state index contributed by atoms with van der Waals surface area (Å²) in [5.74, 6) is 0. The summed E-state index contributed by atoms with van der Waals surface area (Å²) >= 11 is 0. The van der Waals surface area contributed by atoms with Gasteiger partial charge in [-0.3, -0.25) is 0 Å². The minimum atomic E-state index is -1.84. The molecule has 0 bridgehead atoms. The van der Waals surface area contributed by atoms with Crippen LogP contribution in [0.4, 0.5) is 0 Å². The minimum absolute atomic E-state index is 1.57. The van der Waals surface area contributed by atoms with Crippen molar-refractivity contribution in [2.45, 2.75) is 0 Å². The van der Waals surface area contributed by atoms with Gasteiger partial charge in [0.05, 0.1) is 6.11 Å². The van der Waals surface area contributed by atoms with Crippen LogP contribution >= 0.6 is 0 Å². The molecule has 0 aromatic carbocycles. The summed E-state index contributed by atoms with van der Waals surface area (Å²) in [7, 11) is -1.84. The third-order valence-electron chi connectivity index (χ3n) is 0.173. The second-order valence-electron chi connectivity index (χ2n) is 0.562. The van der Waals surface area contributed by atoms with E-state index in [2.05, 4.69) is 11.1 Å². The molecule has 0 saturated carbocycles. The van der Waals surface area contributed by atoms with E-state index in [1.807, 2.05) is 0 Å². The second-order valence-corrected chi connectivity index (χ2v) is 0.562. The van der Waals surface area contributed by atoms with Gasteiger partial charge in [-0.1, -0.05) is 6.42 Å². The standard InChI is InChI=1S/C2H3BO3/c1-2-6-3(4)5/h1,4-5H. The Labute approximate surface area is 35.7 Å². The zero-order chi connectivity index (χ0) is 4.99. The molecule has 0 aliphatic carbocycles. The molecule has 0 atom stereocenters. The van der Waals surface area contributed by atoms with E-state index in [1.54, 1.807) is 6.11 Å². The van der Waals surface area contributed by atoms with Gasteiger partial charge in [-0.2, -0.15) is 0 Å². The third-order valence-corrected chi connectivity index (χ3v) is 0.173. The second kappa shape index (κ2) is 2.58. The maximum Gasteiger partial charge on any atom is 0.716 e. The van der Waals surface area contributed by atoms with Crippen molar-refractivity contribution in [3.05, 3.63) is 0 Å². The molecule has 2 N–H and O–H groups in total. The maximum absolute atomic E-state index is 7.74. The molecular weight excluding hydrogens is 82.8 g/mol. The van der Waals surface area contributed by atoms with E-state index < -0.39 is 7.32 Å². The lowest BCUT2D eigenvalue weighted by molar-refractivity contribution is 0.271. The van der Waals surface area contributed by atoms with E-state index in [1.165, 1.54) is 0 Å². The smallest absolute Gasteiger partial charge is 0.462 e. The highest BCUT2D eigenvalue weighted by Gasteiger charge is 2.05. The first-order valence-electron chi connectivity index (χ1n) is 1.24. The zero-order valence-electron chi connectivity index (χ0n) is 2.96. The van der Waals surface area contributed by atoms with Crippen LogP contribution in [-0.2, 0) is 4.65 Å². The third kappa shape index (κ3) is 3.34. The number of hydrogen-bond acceptors (Lipinski definition) is 3. The molecule has 0 radical (unpaired) electrons. The SMILES string of the molecule is C#COB(O)O. The number of hydrogen-bond donors (Lipinski definition) is 2. The predicted molar refractivity (Wildman–Crippen MR) is 20.1 cm³/mol. The lowest BCUT2D eigenvalue weighted by Crippen LogP contribution is -2.12. The lowest BCUT2D eigenvalue weighted by Gasteiger charge is -1.86. The van der Waals surface area contributed by atoms with Crippen LogP contribution in [0.25, 0.3) is 0 Å². The molecule has 0 saturated heterocycles. The molecule has 32 valence electrons. The lowest BCUT2D eigenvalue weighted by atomic mass is 10.3. The van der Waals surface area contributed by atoms with Gasteiger partial charge in [0.15, 0.2) is 0 Å². The Morgan fingerprint density at radius 3 is 2.17 bits per heavy atom. The van der Waals surface area contributed by atoms with E-state index in [0.717, 1.165) is 0 Å². The average molecular weight is 85.9 g/mol. The quantitative estimate of drug-likeness (QED) is 0.303. The fraction of sp³-hybridized carbons (Fsp3) is 0. The van der Waals surface area contributed by atoms with Crippen molar-refractivity contribution < 1.29 is 14.7 Å². The summed E-state index contributed by atoms with van der Waals surface area (Å²) in [5, 5.41) is 15.5. The highest BCUT2D eigenvalue weighted by Crippen LogP contribution is 1.64. The average Bonchev–Trinajstić information content (AvgIpc) is 1.35. The van der Waals surface area contributed by atoms with E-state index in [4.69, 9.17) is 10.0 Å². The van der Waals surface area contributed by atoms with Gasteiger partial charge in [-0.25, -0.2) is 0 Å². The summed E-state index contributed by atoms with van der Waals surface area (Å²) in [6, 6.07) is 0. The number of rotatable bonds is 1. The van der Waals surface area contributed by atoms with Gasteiger partial charge in [0.1, 0.15) is 0 Å². The van der Waals surface area contributed by atoms with Gasteiger partial charge in [-0.05, 0) is 0 Å². The van der Waals surface area contributed by atoms with E-state index in [0.29, 0.717) is 0 Å². The highest BCUT2D eigenvalue weighted by molar-refractivity contribution is 6.33. The maximum atomic E-state index is 7.74. The molecule has 0 unspecified atom stereocenters. The summed E-state index contributed by atoms with van der Waals surface area (Å²) < 4.78 is 3.68. The molecule has 0 heterocycles. The van der Waals surface area contributed by atoms with Crippen LogP contribution < -0.4 is 0 Å². The normalized spacial score (nSPS) is 6.17. The van der Waals surface area contributed by atoms with Crippen LogP contribution in [0.2, 0.25) is 0 Å². The molecule has 6 heavy (non-hydrogen) atoms. The van der Waals surface area contributed by atoms with Crippen molar-refractivity contribution in [3.63, 3.8) is 0 Å². The van der Waals surface area contributed by atoms with Crippen LogP contribution in [0.5, 0.6) is 0 Å². The highest BCUT2D eigenvalue weighted by atomic mass is 16.6. The van der Waals surface area contributed by atoms with Crippen LogP contribution in [-0.4, -0.2) is 17.4 Å². The molecule has 0 amide bonds. The fourth-order valence-corrected chi connectivity index (χ4v) is 0.0609. The van der Waals surface area contributed by atoms with Crippen molar-refractivity contribution in [1.82, 2.24) is 0 Å². The Hall–Kier alpha value is -0.655. The first-order valence-corrected chi connectivity index (χ1v) is 1.24. The van der Waals surface area contributed by atoms with Gasteiger partial charge in [-0.15, -0.1) is 0 Å². The van der Waals surface area contributed by atoms with Crippen molar-refractivity contribution in [1.29, 1.82) is 0 Å². The molecule has 0 spiro atoms. The molecule has 4 heteroatoms. The van der Waals surface area contributed by atoms with E-state index in [-0.39, 0.29) is 0 Å². The Bertz CT molecular complexity index is 63.7. The molecule has 0 aromatic heterocycles.